The van der Waals surface area contributed by atoms with E-state index in [1.807, 2.05) is 30.3 Å². The van der Waals surface area contributed by atoms with Crippen molar-refractivity contribution in [3.05, 3.63) is 77.6 Å². The number of halogens is 1. The van der Waals surface area contributed by atoms with Gasteiger partial charge in [0.15, 0.2) is 0 Å². The Morgan fingerprint density at radius 2 is 1.71 bits per heavy atom. The number of aromatic hydroxyl groups is 1. The second-order valence-corrected chi connectivity index (χ2v) is 4.78. The Morgan fingerprint density at radius 3 is 2.57 bits per heavy atom. The van der Waals surface area contributed by atoms with E-state index in [9.17, 15) is 9.50 Å². The third-order valence-electron chi connectivity index (χ3n) is 3.39. The Balaban J connectivity index is 1.93. The minimum absolute atomic E-state index is 0.172. The van der Waals surface area contributed by atoms with Gasteiger partial charge in [0.25, 0.3) is 0 Å². The van der Waals surface area contributed by atoms with E-state index in [1.165, 1.54) is 6.07 Å². The van der Waals surface area contributed by atoms with E-state index in [-0.39, 0.29) is 18.1 Å². The molecule has 0 unspecified atom stereocenters. The van der Waals surface area contributed by atoms with E-state index >= 15 is 0 Å². The molecule has 0 spiro atoms. The first-order valence-corrected chi connectivity index (χ1v) is 6.69. The molecule has 3 heteroatoms. The number of phenolic OH excluding ortho intramolecular Hbond substituents is 1. The molecule has 0 aliphatic heterocycles. The number of hydrogen-bond donors (Lipinski definition) is 1. The first-order chi connectivity index (χ1) is 10.3. The highest BCUT2D eigenvalue weighted by Crippen LogP contribution is 2.25. The number of hydrogen-bond acceptors (Lipinski definition) is 2. The van der Waals surface area contributed by atoms with Crippen LogP contribution in [0.4, 0.5) is 4.39 Å². The minimum Gasteiger partial charge on any atom is -0.507 e. The largest absolute Gasteiger partial charge is 0.507 e. The van der Waals surface area contributed by atoms with Crippen LogP contribution in [0.2, 0.25) is 0 Å². The maximum absolute atomic E-state index is 13.5. The van der Waals surface area contributed by atoms with Crippen LogP contribution < -0.4 is 0 Å². The van der Waals surface area contributed by atoms with Gasteiger partial charge in [-0.15, -0.1) is 0 Å². The fourth-order valence-corrected chi connectivity index (χ4v) is 2.28. The zero-order valence-electron chi connectivity index (χ0n) is 11.3. The molecule has 104 valence electrons. The van der Waals surface area contributed by atoms with Crippen LogP contribution in [0, 0.1) is 5.82 Å². The van der Waals surface area contributed by atoms with E-state index in [4.69, 9.17) is 0 Å². The van der Waals surface area contributed by atoms with Crippen molar-refractivity contribution in [2.75, 3.05) is 0 Å². The summed E-state index contributed by atoms with van der Waals surface area (Å²) in [6.07, 6.45) is 1.60. The standard InChI is InChI=1S/C18H14FNO/c19-17-8-4-2-6-14(17)11-20-12-16-15-7-3-1-5-13(15)9-10-18(16)21/h1-10,12,21H,11H2. The van der Waals surface area contributed by atoms with Crippen LogP contribution in [0.3, 0.4) is 0 Å². The number of aliphatic imine (C=N–C) groups is 1. The summed E-state index contributed by atoms with van der Waals surface area (Å²) in [5.74, 6) is -0.0947. The normalized spacial score (nSPS) is 11.3. The summed E-state index contributed by atoms with van der Waals surface area (Å²) in [5.41, 5.74) is 1.19. The van der Waals surface area contributed by atoms with Crippen molar-refractivity contribution in [2.24, 2.45) is 4.99 Å². The number of rotatable bonds is 3. The average Bonchev–Trinajstić information content (AvgIpc) is 2.51. The monoisotopic (exact) mass is 279 g/mol. The Kier molecular flexibility index (Phi) is 3.65. The summed E-state index contributed by atoms with van der Waals surface area (Å²) >= 11 is 0. The fourth-order valence-electron chi connectivity index (χ4n) is 2.28. The molecular formula is C18H14FNO. The van der Waals surface area contributed by atoms with Gasteiger partial charge in [0.2, 0.25) is 0 Å². The molecule has 1 N–H and O–H groups in total. The third-order valence-corrected chi connectivity index (χ3v) is 3.39. The van der Waals surface area contributed by atoms with Gasteiger partial charge in [-0.25, -0.2) is 4.39 Å². The molecule has 0 radical (unpaired) electrons. The van der Waals surface area contributed by atoms with Gasteiger partial charge in [0, 0.05) is 17.3 Å². The Morgan fingerprint density at radius 1 is 0.952 bits per heavy atom. The molecule has 0 bridgehead atoms. The Labute approximate surface area is 122 Å². The number of phenols is 1. The zero-order valence-corrected chi connectivity index (χ0v) is 11.3. The molecule has 0 atom stereocenters. The molecule has 0 saturated heterocycles. The van der Waals surface area contributed by atoms with Crippen LogP contribution in [0.25, 0.3) is 10.8 Å². The van der Waals surface area contributed by atoms with Gasteiger partial charge >= 0.3 is 0 Å². The van der Waals surface area contributed by atoms with Gasteiger partial charge in [0.05, 0.1) is 6.54 Å². The smallest absolute Gasteiger partial charge is 0.128 e. The van der Waals surface area contributed by atoms with E-state index in [0.717, 1.165) is 10.8 Å². The molecule has 0 heterocycles. The lowest BCUT2D eigenvalue weighted by atomic mass is 10.0. The summed E-state index contributed by atoms with van der Waals surface area (Å²) < 4.78 is 13.5. The van der Waals surface area contributed by atoms with Crippen LogP contribution >= 0.6 is 0 Å². The highest BCUT2D eigenvalue weighted by atomic mass is 19.1. The first-order valence-electron chi connectivity index (χ1n) is 6.69. The van der Waals surface area contributed by atoms with Crippen LogP contribution in [0.1, 0.15) is 11.1 Å². The molecule has 21 heavy (non-hydrogen) atoms. The van der Waals surface area contributed by atoms with E-state index in [1.54, 1.807) is 30.5 Å². The molecule has 0 aliphatic carbocycles. The van der Waals surface area contributed by atoms with Gasteiger partial charge < -0.3 is 5.11 Å². The Hall–Kier alpha value is -2.68. The molecule has 3 aromatic carbocycles. The van der Waals surface area contributed by atoms with Gasteiger partial charge in [-0.2, -0.15) is 0 Å². The lowest BCUT2D eigenvalue weighted by Gasteiger charge is -2.04. The number of nitrogens with zero attached hydrogens (tertiary/aromatic N) is 1. The summed E-state index contributed by atoms with van der Waals surface area (Å²) in [5, 5.41) is 12.0. The molecule has 0 aromatic heterocycles. The van der Waals surface area contributed by atoms with E-state index in [0.29, 0.717) is 11.1 Å². The topological polar surface area (TPSA) is 32.6 Å². The summed E-state index contributed by atoms with van der Waals surface area (Å²) in [7, 11) is 0. The molecule has 2 nitrogen and oxygen atoms in total. The van der Waals surface area contributed by atoms with Crippen molar-refractivity contribution in [3.63, 3.8) is 0 Å². The van der Waals surface area contributed by atoms with Crippen molar-refractivity contribution < 1.29 is 9.50 Å². The summed E-state index contributed by atoms with van der Waals surface area (Å²) in [6.45, 7) is 0.245. The second kappa shape index (κ2) is 5.75. The highest BCUT2D eigenvalue weighted by Gasteiger charge is 2.04. The van der Waals surface area contributed by atoms with Crippen LogP contribution in [-0.4, -0.2) is 11.3 Å². The maximum Gasteiger partial charge on any atom is 0.128 e. The quantitative estimate of drug-likeness (QED) is 0.712. The minimum atomic E-state index is -0.267. The fraction of sp³-hybridized carbons (Fsp3) is 0.0556. The highest BCUT2D eigenvalue weighted by molar-refractivity contribution is 6.02. The average molecular weight is 279 g/mol. The van der Waals surface area contributed by atoms with Crippen molar-refractivity contribution in [2.45, 2.75) is 6.54 Å². The molecule has 3 aromatic rings. The zero-order chi connectivity index (χ0) is 14.7. The van der Waals surface area contributed by atoms with Crippen molar-refractivity contribution in [1.29, 1.82) is 0 Å². The van der Waals surface area contributed by atoms with Gasteiger partial charge in [0.1, 0.15) is 11.6 Å². The maximum atomic E-state index is 13.5. The van der Waals surface area contributed by atoms with Crippen molar-refractivity contribution in [1.82, 2.24) is 0 Å². The molecule has 0 fully saturated rings. The van der Waals surface area contributed by atoms with E-state index < -0.39 is 0 Å². The van der Waals surface area contributed by atoms with Crippen LogP contribution in [0.15, 0.2) is 65.7 Å². The molecule has 0 amide bonds. The molecule has 0 aliphatic rings. The molecular weight excluding hydrogens is 265 g/mol. The molecule has 3 rings (SSSR count). The van der Waals surface area contributed by atoms with Crippen LogP contribution in [-0.2, 0) is 6.54 Å². The summed E-state index contributed by atoms with van der Waals surface area (Å²) in [6, 6.07) is 17.8. The first kappa shape index (κ1) is 13.3. The van der Waals surface area contributed by atoms with Gasteiger partial charge in [-0.05, 0) is 22.9 Å². The van der Waals surface area contributed by atoms with Crippen molar-refractivity contribution in [3.8, 4) is 5.75 Å². The van der Waals surface area contributed by atoms with Crippen LogP contribution in [0.5, 0.6) is 5.75 Å². The lowest BCUT2D eigenvalue weighted by molar-refractivity contribution is 0.475. The predicted molar refractivity (Wildman–Crippen MR) is 83.3 cm³/mol. The number of benzene rings is 3. The van der Waals surface area contributed by atoms with Gasteiger partial charge in [-0.3, -0.25) is 4.99 Å². The Bertz CT molecular complexity index is 811. The summed E-state index contributed by atoms with van der Waals surface area (Å²) in [4.78, 5) is 4.26. The van der Waals surface area contributed by atoms with Gasteiger partial charge in [-0.1, -0.05) is 48.5 Å². The number of fused-ring (bicyclic) bond motifs is 1. The van der Waals surface area contributed by atoms with E-state index in [2.05, 4.69) is 4.99 Å². The SMILES string of the molecule is Oc1ccc2ccccc2c1C=NCc1ccccc1F. The second-order valence-electron chi connectivity index (χ2n) is 4.78. The lowest BCUT2D eigenvalue weighted by Crippen LogP contribution is -1.90. The predicted octanol–water partition coefficient (Wildman–Crippen LogP) is 4.30. The molecule has 0 saturated carbocycles. The third kappa shape index (κ3) is 2.77. The van der Waals surface area contributed by atoms with Crippen molar-refractivity contribution >= 4 is 17.0 Å².